The van der Waals surface area contributed by atoms with Crippen LogP contribution in [-0.2, 0) is 10.9 Å². The highest BCUT2D eigenvalue weighted by atomic mass is 19.4. The number of ether oxygens (including phenoxy) is 1. The number of anilines is 1. The second kappa shape index (κ2) is 10.6. The number of aromatic nitrogens is 3. The van der Waals surface area contributed by atoms with Gasteiger partial charge in [0, 0.05) is 51.0 Å². The van der Waals surface area contributed by atoms with Crippen LogP contribution in [0.2, 0.25) is 0 Å². The molecule has 2 fully saturated rings. The Hall–Kier alpha value is -3.31. The molecule has 0 bridgehead atoms. The summed E-state index contributed by atoms with van der Waals surface area (Å²) in [5.41, 5.74) is -0.916. The minimum Gasteiger partial charge on any atom is -0.444 e. The van der Waals surface area contributed by atoms with Crippen molar-refractivity contribution in [1.29, 1.82) is 0 Å². The van der Waals surface area contributed by atoms with E-state index >= 15 is 0 Å². The first-order valence-corrected chi connectivity index (χ1v) is 12.5. The van der Waals surface area contributed by atoms with E-state index in [1.807, 2.05) is 37.7 Å². The molecule has 12 heteroatoms. The zero-order valence-corrected chi connectivity index (χ0v) is 21.3. The van der Waals surface area contributed by atoms with Crippen molar-refractivity contribution in [3.63, 3.8) is 0 Å². The van der Waals surface area contributed by atoms with Crippen LogP contribution in [0.3, 0.4) is 0 Å². The number of amides is 2. The fourth-order valence-corrected chi connectivity index (χ4v) is 4.76. The molecule has 1 N–H and O–H groups in total. The average Bonchev–Trinajstić information content (AvgIpc) is 3.32. The molecular formula is C25H33F3N6O3. The zero-order chi connectivity index (χ0) is 26.8. The number of nitrogens with one attached hydrogen (secondary N) is 1. The van der Waals surface area contributed by atoms with E-state index in [-0.39, 0.29) is 23.9 Å². The largest absolute Gasteiger partial charge is 0.444 e. The molecule has 2 aliphatic rings. The molecule has 9 nitrogen and oxygen atoms in total. The molecule has 0 spiro atoms. The van der Waals surface area contributed by atoms with Gasteiger partial charge in [0.1, 0.15) is 5.60 Å². The average molecular weight is 523 g/mol. The lowest BCUT2D eigenvalue weighted by Gasteiger charge is -2.35. The predicted octanol–water partition coefficient (Wildman–Crippen LogP) is 4.27. The fourth-order valence-electron chi connectivity index (χ4n) is 4.76. The molecule has 0 unspecified atom stereocenters. The fraction of sp³-hybridized carbons (Fsp3) is 0.600. The highest BCUT2D eigenvalue weighted by molar-refractivity contribution is 5.94. The monoisotopic (exact) mass is 522 g/mol. The summed E-state index contributed by atoms with van der Waals surface area (Å²) in [5.74, 6) is 0.103. The lowest BCUT2D eigenvalue weighted by molar-refractivity contribution is -0.138. The standard InChI is InChI=1S/C25H33F3N6O3/c1-24(2,3)37-23(36)31-19-6-4-5-7-20(19)34-9-8-17(16-34)21(35)32-10-12-33(13-11-32)22-29-14-18(15-30-22)25(26,27)28/h8-9,14-16,19-20H,4-7,10-13H2,1-3H3,(H,31,36)/t19-,20-/m1/s1. The van der Waals surface area contributed by atoms with Crippen molar-refractivity contribution in [2.75, 3.05) is 31.1 Å². The van der Waals surface area contributed by atoms with Crippen LogP contribution in [0.25, 0.3) is 0 Å². The summed E-state index contributed by atoms with van der Waals surface area (Å²) in [7, 11) is 0. The van der Waals surface area contributed by atoms with Gasteiger partial charge < -0.3 is 24.4 Å². The molecule has 2 aromatic heterocycles. The minimum absolute atomic E-state index is 0.0245. The van der Waals surface area contributed by atoms with Gasteiger partial charge in [-0.25, -0.2) is 14.8 Å². The van der Waals surface area contributed by atoms with Crippen molar-refractivity contribution in [3.8, 4) is 0 Å². The number of alkyl halides is 3. The molecule has 2 atom stereocenters. The van der Waals surface area contributed by atoms with E-state index in [1.165, 1.54) is 0 Å². The second-order valence-corrected chi connectivity index (χ2v) is 10.5. The smallest absolute Gasteiger partial charge is 0.419 e. The van der Waals surface area contributed by atoms with Crippen LogP contribution in [0.1, 0.15) is 68.4 Å². The Balaban J connectivity index is 1.35. The van der Waals surface area contributed by atoms with Crippen LogP contribution in [0.5, 0.6) is 0 Å². The van der Waals surface area contributed by atoms with Crippen LogP contribution in [0.4, 0.5) is 23.9 Å². The number of nitrogens with zero attached hydrogens (tertiary/aromatic N) is 5. The molecule has 3 heterocycles. The molecule has 4 rings (SSSR count). The van der Waals surface area contributed by atoms with E-state index in [0.29, 0.717) is 31.7 Å². The van der Waals surface area contributed by atoms with Crippen LogP contribution < -0.4 is 10.2 Å². The quantitative estimate of drug-likeness (QED) is 0.645. The van der Waals surface area contributed by atoms with Gasteiger partial charge >= 0.3 is 12.3 Å². The van der Waals surface area contributed by atoms with E-state index in [9.17, 15) is 22.8 Å². The Morgan fingerprint density at radius 3 is 2.30 bits per heavy atom. The Kier molecular flexibility index (Phi) is 7.65. The molecule has 202 valence electrons. The van der Waals surface area contributed by atoms with E-state index in [2.05, 4.69) is 15.3 Å². The van der Waals surface area contributed by atoms with Crippen molar-refractivity contribution >= 4 is 17.9 Å². The molecule has 1 aliphatic heterocycles. The van der Waals surface area contributed by atoms with Gasteiger partial charge in [0.05, 0.1) is 23.2 Å². The third kappa shape index (κ3) is 6.72. The van der Waals surface area contributed by atoms with Crippen LogP contribution in [0, 0.1) is 0 Å². The van der Waals surface area contributed by atoms with E-state index < -0.39 is 23.4 Å². The normalized spacial score (nSPS) is 21.0. The van der Waals surface area contributed by atoms with Crippen molar-refractivity contribution in [2.24, 2.45) is 0 Å². The third-order valence-electron chi connectivity index (χ3n) is 6.59. The van der Waals surface area contributed by atoms with Gasteiger partial charge in [-0.15, -0.1) is 0 Å². The van der Waals surface area contributed by atoms with Crippen LogP contribution >= 0.6 is 0 Å². The number of piperazine rings is 1. The van der Waals surface area contributed by atoms with Crippen LogP contribution in [-0.4, -0.2) is 69.3 Å². The maximum absolute atomic E-state index is 13.2. The van der Waals surface area contributed by atoms with Crippen molar-refractivity contribution in [1.82, 2.24) is 24.8 Å². The summed E-state index contributed by atoms with van der Waals surface area (Å²) in [6.45, 7) is 7.12. The van der Waals surface area contributed by atoms with Gasteiger partial charge in [-0.3, -0.25) is 4.79 Å². The number of hydrogen-bond donors (Lipinski definition) is 1. The number of hydrogen-bond acceptors (Lipinski definition) is 6. The van der Waals surface area contributed by atoms with Gasteiger partial charge in [0.2, 0.25) is 5.95 Å². The number of carbonyl (C=O) groups excluding carboxylic acids is 2. The Morgan fingerprint density at radius 2 is 1.68 bits per heavy atom. The lowest BCUT2D eigenvalue weighted by atomic mass is 9.90. The van der Waals surface area contributed by atoms with Gasteiger partial charge in [-0.05, 0) is 39.7 Å². The van der Waals surface area contributed by atoms with Crippen LogP contribution in [0.15, 0.2) is 30.9 Å². The van der Waals surface area contributed by atoms with Crippen molar-refractivity contribution in [2.45, 2.75) is 70.3 Å². The topological polar surface area (TPSA) is 92.6 Å². The molecule has 1 aliphatic carbocycles. The first-order valence-electron chi connectivity index (χ1n) is 12.5. The van der Waals surface area contributed by atoms with Gasteiger partial charge in [-0.1, -0.05) is 12.8 Å². The maximum atomic E-state index is 13.2. The SMILES string of the molecule is CC(C)(C)OC(=O)N[C@@H]1CCCC[C@H]1n1ccc(C(=O)N2CCN(c3ncc(C(F)(F)F)cn3)CC2)c1. The number of carbonyl (C=O) groups is 2. The summed E-state index contributed by atoms with van der Waals surface area (Å²) in [4.78, 5) is 36.7. The summed E-state index contributed by atoms with van der Waals surface area (Å²) in [6.07, 6.45) is 4.09. The first kappa shape index (κ1) is 26.7. The number of halogens is 3. The highest BCUT2D eigenvalue weighted by Gasteiger charge is 2.33. The van der Waals surface area contributed by atoms with Gasteiger partial charge in [0.25, 0.3) is 5.91 Å². The molecular weight excluding hydrogens is 489 g/mol. The summed E-state index contributed by atoms with van der Waals surface area (Å²) < 4.78 is 45.7. The van der Waals surface area contributed by atoms with E-state index in [0.717, 1.165) is 38.1 Å². The second-order valence-electron chi connectivity index (χ2n) is 10.5. The van der Waals surface area contributed by atoms with E-state index in [4.69, 9.17) is 4.74 Å². The predicted molar refractivity (Wildman–Crippen MR) is 130 cm³/mol. The van der Waals surface area contributed by atoms with E-state index in [1.54, 1.807) is 15.9 Å². The molecule has 2 amide bonds. The first-order chi connectivity index (χ1) is 17.4. The molecule has 1 saturated carbocycles. The summed E-state index contributed by atoms with van der Waals surface area (Å²) in [5, 5.41) is 3.00. The highest BCUT2D eigenvalue weighted by Crippen LogP contribution is 2.30. The summed E-state index contributed by atoms with van der Waals surface area (Å²) in [6, 6.07) is 1.72. The number of alkyl carbamates (subject to hydrolysis) is 1. The number of rotatable bonds is 4. The Morgan fingerprint density at radius 1 is 1.03 bits per heavy atom. The molecule has 0 radical (unpaired) electrons. The lowest BCUT2D eigenvalue weighted by Crippen LogP contribution is -2.49. The molecule has 1 saturated heterocycles. The Bertz CT molecular complexity index is 1090. The Labute approximate surface area is 214 Å². The molecule has 0 aromatic carbocycles. The maximum Gasteiger partial charge on any atom is 0.419 e. The molecule has 2 aromatic rings. The van der Waals surface area contributed by atoms with Crippen molar-refractivity contribution < 1.29 is 27.5 Å². The third-order valence-corrected chi connectivity index (χ3v) is 6.59. The summed E-state index contributed by atoms with van der Waals surface area (Å²) >= 11 is 0. The minimum atomic E-state index is -4.48. The van der Waals surface area contributed by atoms with Crippen molar-refractivity contribution in [3.05, 3.63) is 42.0 Å². The molecule has 37 heavy (non-hydrogen) atoms. The van der Waals surface area contributed by atoms with Gasteiger partial charge in [0.15, 0.2) is 0 Å². The zero-order valence-electron chi connectivity index (χ0n) is 21.3. The van der Waals surface area contributed by atoms with Gasteiger partial charge in [-0.2, -0.15) is 13.2 Å².